The van der Waals surface area contributed by atoms with E-state index >= 15 is 0 Å². The number of nitrogens with one attached hydrogen (secondary N) is 1. The fourth-order valence-corrected chi connectivity index (χ4v) is 1.04. The maximum Gasteiger partial charge on any atom is 0.422 e. The number of rotatable bonds is 4. The Morgan fingerprint density at radius 2 is 2.00 bits per heavy atom. The van der Waals surface area contributed by atoms with E-state index in [9.17, 15) is 13.2 Å². The van der Waals surface area contributed by atoms with Crippen molar-refractivity contribution in [2.45, 2.75) is 6.18 Å². The molecule has 0 saturated heterocycles. The van der Waals surface area contributed by atoms with E-state index in [4.69, 9.17) is 5.73 Å². The Kier molecular flexibility index (Phi) is 4.90. The van der Waals surface area contributed by atoms with Gasteiger partial charge in [-0.3, -0.25) is 5.43 Å². The lowest BCUT2D eigenvalue weighted by atomic mass is 10.2. The summed E-state index contributed by atoms with van der Waals surface area (Å²) in [4.78, 5) is 0. The average Bonchev–Trinajstić information content (AvgIpc) is 2.26. The molecule has 0 aliphatic heterocycles. The molecular weight excluding hydrogens is 267 g/mol. The van der Waals surface area contributed by atoms with Crippen LogP contribution in [-0.2, 0) is 0 Å². The second-order valence-corrected chi connectivity index (χ2v) is 3.65. The van der Waals surface area contributed by atoms with Gasteiger partial charge in [-0.2, -0.15) is 18.3 Å². The minimum absolute atomic E-state index is 0.0244. The van der Waals surface area contributed by atoms with Gasteiger partial charge >= 0.3 is 6.18 Å². The molecule has 0 aliphatic rings. The summed E-state index contributed by atoms with van der Waals surface area (Å²) >= 11 is 4.53. The van der Waals surface area contributed by atoms with Crippen molar-refractivity contribution in [2.75, 3.05) is 6.61 Å². The lowest BCUT2D eigenvalue weighted by Gasteiger charge is -2.08. The average molecular weight is 277 g/mol. The van der Waals surface area contributed by atoms with Gasteiger partial charge in [0.2, 0.25) is 0 Å². The van der Waals surface area contributed by atoms with Gasteiger partial charge in [-0.05, 0) is 42.0 Å². The lowest BCUT2D eigenvalue weighted by molar-refractivity contribution is -0.153. The highest BCUT2D eigenvalue weighted by Gasteiger charge is 2.28. The molecule has 18 heavy (non-hydrogen) atoms. The predicted octanol–water partition coefficient (Wildman–Crippen LogP) is 1.79. The minimum atomic E-state index is -4.35. The molecule has 0 unspecified atom stereocenters. The largest absolute Gasteiger partial charge is 0.484 e. The van der Waals surface area contributed by atoms with E-state index in [1.807, 2.05) is 0 Å². The first-order chi connectivity index (χ1) is 8.37. The summed E-state index contributed by atoms with van der Waals surface area (Å²) in [6.07, 6.45) is -2.92. The Hall–Kier alpha value is -1.83. The number of hydrogen-bond donors (Lipinski definition) is 2. The number of hydrazone groups is 1. The highest BCUT2D eigenvalue weighted by Crippen LogP contribution is 2.18. The second kappa shape index (κ2) is 6.20. The van der Waals surface area contributed by atoms with Crippen LogP contribution in [0.25, 0.3) is 0 Å². The van der Waals surface area contributed by atoms with Gasteiger partial charge < -0.3 is 10.5 Å². The zero-order chi connectivity index (χ0) is 13.6. The van der Waals surface area contributed by atoms with E-state index < -0.39 is 12.8 Å². The molecule has 0 spiro atoms. The van der Waals surface area contributed by atoms with Crippen molar-refractivity contribution >= 4 is 23.5 Å². The molecule has 98 valence electrons. The second-order valence-electron chi connectivity index (χ2n) is 3.21. The van der Waals surface area contributed by atoms with Crippen LogP contribution >= 0.6 is 12.2 Å². The maximum atomic E-state index is 11.9. The zero-order valence-corrected chi connectivity index (χ0v) is 9.89. The summed E-state index contributed by atoms with van der Waals surface area (Å²) in [5.41, 5.74) is 8.16. The number of thiocarbonyl (C=S) groups is 1. The number of halogens is 3. The van der Waals surface area contributed by atoms with Crippen molar-refractivity contribution in [1.29, 1.82) is 0 Å². The lowest BCUT2D eigenvalue weighted by Crippen LogP contribution is -2.23. The first-order valence-electron chi connectivity index (χ1n) is 4.75. The van der Waals surface area contributed by atoms with Crippen molar-refractivity contribution in [3.05, 3.63) is 29.8 Å². The molecule has 0 aromatic heterocycles. The highest BCUT2D eigenvalue weighted by molar-refractivity contribution is 7.80. The summed E-state index contributed by atoms with van der Waals surface area (Å²) < 4.78 is 40.2. The standard InChI is InChI=1S/C10H10F3N3OS/c11-10(12,13)6-17-8-3-1-7(2-4-8)5-15-16-9(14)18/h1-5H,6H2,(H3,14,16,18). The Labute approximate surface area is 107 Å². The van der Waals surface area contributed by atoms with E-state index in [0.29, 0.717) is 5.56 Å². The third-order valence-corrected chi connectivity index (χ3v) is 1.76. The van der Waals surface area contributed by atoms with Gasteiger partial charge in [0.25, 0.3) is 0 Å². The number of alkyl halides is 3. The van der Waals surface area contributed by atoms with Crippen molar-refractivity contribution in [2.24, 2.45) is 10.8 Å². The van der Waals surface area contributed by atoms with Crippen LogP contribution in [0, 0.1) is 0 Å². The van der Waals surface area contributed by atoms with E-state index in [-0.39, 0.29) is 10.9 Å². The zero-order valence-electron chi connectivity index (χ0n) is 9.07. The molecule has 0 fully saturated rings. The molecule has 4 nitrogen and oxygen atoms in total. The monoisotopic (exact) mass is 277 g/mol. The highest BCUT2D eigenvalue weighted by atomic mass is 32.1. The molecule has 0 bridgehead atoms. The molecule has 1 aromatic rings. The van der Waals surface area contributed by atoms with Gasteiger partial charge in [0.05, 0.1) is 6.21 Å². The van der Waals surface area contributed by atoms with Gasteiger partial charge in [-0.15, -0.1) is 0 Å². The molecule has 1 rings (SSSR count). The van der Waals surface area contributed by atoms with E-state index in [1.54, 1.807) is 12.1 Å². The van der Waals surface area contributed by atoms with E-state index in [1.165, 1.54) is 18.3 Å². The number of benzene rings is 1. The third kappa shape index (κ3) is 6.04. The van der Waals surface area contributed by atoms with Gasteiger partial charge in [-0.25, -0.2) is 0 Å². The Morgan fingerprint density at radius 1 is 1.39 bits per heavy atom. The molecule has 8 heteroatoms. The van der Waals surface area contributed by atoms with E-state index in [0.717, 1.165) is 0 Å². The smallest absolute Gasteiger partial charge is 0.422 e. The number of nitrogens with two attached hydrogens (primary N) is 1. The van der Waals surface area contributed by atoms with Gasteiger partial charge in [0.1, 0.15) is 5.75 Å². The van der Waals surface area contributed by atoms with Gasteiger partial charge in [-0.1, -0.05) is 0 Å². The number of nitrogens with zero attached hydrogens (tertiary/aromatic N) is 1. The number of hydrogen-bond acceptors (Lipinski definition) is 3. The van der Waals surface area contributed by atoms with Crippen LogP contribution in [0.1, 0.15) is 5.56 Å². The van der Waals surface area contributed by atoms with Crippen LogP contribution in [0.15, 0.2) is 29.4 Å². The van der Waals surface area contributed by atoms with Crippen LogP contribution in [0.3, 0.4) is 0 Å². The third-order valence-electron chi connectivity index (χ3n) is 1.67. The first-order valence-corrected chi connectivity index (χ1v) is 5.16. The number of ether oxygens (including phenoxy) is 1. The van der Waals surface area contributed by atoms with Crippen molar-refractivity contribution in [3.63, 3.8) is 0 Å². The van der Waals surface area contributed by atoms with Crippen LogP contribution in [0.2, 0.25) is 0 Å². The molecular formula is C10H10F3N3OS. The SMILES string of the molecule is NC(=S)NN=Cc1ccc(OCC(F)(F)F)cc1. The quantitative estimate of drug-likeness (QED) is 0.500. The molecule has 0 amide bonds. The van der Waals surface area contributed by atoms with E-state index in [2.05, 4.69) is 27.5 Å². The van der Waals surface area contributed by atoms with Crippen LogP contribution in [0.5, 0.6) is 5.75 Å². The molecule has 3 N–H and O–H groups in total. The fraction of sp³-hybridized carbons (Fsp3) is 0.200. The van der Waals surface area contributed by atoms with Crippen molar-refractivity contribution in [1.82, 2.24) is 5.43 Å². The minimum Gasteiger partial charge on any atom is -0.484 e. The van der Waals surface area contributed by atoms with Crippen LogP contribution in [0.4, 0.5) is 13.2 Å². The molecule has 0 atom stereocenters. The Bertz CT molecular complexity index is 431. The Morgan fingerprint density at radius 3 is 2.50 bits per heavy atom. The first kappa shape index (κ1) is 14.2. The van der Waals surface area contributed by atoms with Gasteiger partial charge in [0.15, 0.2) is 11.7 Å². The fourth-order valence-electron chi connectivity index (χ4n) is 0.986. The van der Waals surface area contributed by atoms with Crippen molar-refractivity contribution in [3.8, 4) is 5.75 Å². The Balaban J connectivity index is 2.52. The van der Waals surface area contributed by atoms with Crippen LogP contribution < -0.4 is 15.9 Å². The molecule has 1 aromatic carbocycles. The summed E-state index contributed by atoms with van der Waals surface area (Å²) in [7, 11) is 0. The molecule has 0 aliphatic carbocycles. The summed E-state index contributed by atoms with van der Waals surface area (Å²) in [6, 6.07) is 5.93. The summed E-state index contributed by atoms with van der Waals surface area (Å²) in [6.45, 7) is -1.32. The molecule has 0 radical (unpaired) electrons. The summed E-state index contributed by atoms with van der Waals surface area (Å²) in [5.74, 6) is 0.131. The van der Waals surface area contributed by atoms with Crippen LogP contribution in [-0.4, -0.2) is 24.1 Å². The normalized spacial score (nSPS) is 11.5. The molecule has 0 saturated carbocycles. The summed E-state index contributed by atoms with van der Waals surface area (Å²) in [5, 5.41) is 3.72. The predicted molar refractivity (Wildman–Crippen MR) is 65.5 cm³/mol. The van der Waals surface area contributed by atoms with Gasteiger partial charge in [0, 0.05) is 0 Å². The molecule has 0 heterocycles. The maximum absolute atomic E-state index is 11.9. The topological polar surface area (TPSA) is 59.6 Å². The van der Waals surface area contributed by atoms with Crippen molar-refractivity contribution < 1.29 is 17.9 Å².